The first kappa shape index (κ1) is 23.5. The lowest BCUT2D eigenvalue weighted by molar-refractivity contribution is -0.387. The molecule has 0 bridgehead atoms. The SMILES string of the molecule is CC(C)n1ncc2c(C(=O)OCC(=O)Nc3ccc(F)c([N+](=O)[O-])c3)cc(-c3ccccc3)nc21. The van der Waals surface area contributed by atoms with Crippen molar-refractivity contribution in [2.45, 2.75) is 19.9 Å². The van der Waals surface area contributed by atoms with Gasteiger partial charge in [-0.05, 0) is 32.0 Å². The van der Waals surface area contributed by atoms with E-state index < -0.39 is 34.9 Å². The first-order valence-corrected chi connectivity index (χ1v) is 10.6. The predicted molar refractivity (Wildman–Crippen MR) is 125 cm³/mol. The summed E-state index contributed by atoms with van der Waals surface area (Å²) in [6.07, 6.45) is 1.52. The largest absolute Gasteiger partial charge is 0.452 e. The Morgan fingerprint density at radius 3 is 2.60 bits per heavy atom. The number of carbonyl (C=O) groups excluding carboxylic acids is 2. The molecule has 4 rings (SSSR count). The van der Waals surface area contributed by atoms with Crippen molar-refractivity contribution in [3.63, 3.8) is 0 Å². The average molecular weight is 477 g/mol. The summed E-state index contributed by atoms with van der Waals surface area (Å²) >= 11 is 0. The van der Waals surface area contributed by atoms with Crippen LogP contribution in [0.5, 0.6) is 0 Å². The lowest BCUT2D eigenvalue weighted by Gasteiger charge is -2.11. The maximum atomic E-state index is 13.5. The fraction of sp³-hybridized carbons (Fsp3) is 0.167. The van der Waals surface area contributed by atoms with E-state index in [0.717, 1.165) is 17.7 Å². The molecule has 11 heteroatoms. The topological polar surface area (TPSA) is 129 Å². The van der Waals surface area contributed by atoms with Crippen LogP contribution in [0.2, 0.25) is 0 Å². The smallest absolute Gasteiger partial charge is 0.339 e. The molecule has 0 saturated carbocycles. The quantitative estimate of drug-likeness (QED) is 0.235. The van der Waals surface area contributed by atoms with Gasteiger partial charge in [-0.25, -0.2) is 14.5 Å². The van der Waals surface area contributed by atoms with E-state index in [1.807, 2.05) is 44.2 Å². The number of amides is 1. The molecule has 0 unspecified atom stereocenters. The van der Waals surface area contributed by atoms with Crippen LogP contribution in [-0.4, -0.2) is 38.2 Å². The summed E-state index contributed by atoms with van der Waals surface area (Å²) in [6.45, 7) is 3.21. The van der Waals surface area contributed by atoms with E-state index in [9.17, 15) is 24.1 Å². The Kier molecular flexibility index (Phi) is 6.49. The lowest BCUT2D eigenvalue weighted by Crippen LogP contribution is -2.21. The van der Waals surface area contributed by atoms with Crippen LogP contribution < -0.4 is 5.32 Å². The number of aromatic nitrogens is 3. The zero-order valence-corrected chi connectivity index (χ0v) is 18.8. The summed E-state index contributed by atoms with van der Waals surface area (Å²) in [6, 6.07) is 13.8. The van der Waals surface area contributed by atoms with Crippen molar-refractivity contribution in [1.82, 2.24) is 14.8 Å². The Labute approximate surface area is 198 Å². The van der Waals surface area contributed by atoms with Gasteiger partial charge in [0, 0.05) is 23.4 Å². The zero-order valence-electron chi connectivity index (χ0n) is 18.8. The van der Waals surface area contributed by atoms with Crippen molar-refractivity contribution in [1.29, 1.82) is 0 Å². The second-order valence-corrected chi connectivity index (χ2v) is 7.89. The molecule has 0 saturated heterocycles. The maximum absolute atomic E-state index is 13.5. The Morgan fingerprint density at radius 1 is 1.17 bits per heavy atom. The van der Waals surface area contributed by atoms with Crippen molar-refractivity contribution in [3.05, 3.63) is 82.3 Å². The zero-order chi connectivity index (χ0) is 25.1. The molecule has 0 radical (unpaired) electrons. The molecule has 10 nitrogen and oxygen atoms in total. The van der Waals surface area contributed by atoms with Gasteiger partial charge in [0.1, 0.15) is 0 Å². The molecular weight excluding hydrogens is 457 g/mol. The monoisotopic (exact) mass is 477 g/mol. The van der Waals surface area contributed by atoms with E-state index in [2.05, 4.69) is 15.4 Å². The Morgan fingerprint density at radius 2 is 1.91 bits per heavy atom. The Bertz CT molecular complexity index is 1440. The van der Waals surface area contributed by atoms with Crippen LogP contribution in [-0.2, 0) is 9.53 Å². The summed E-state index contributed by atoms with van der Waals surface area (Å²) in [7, 11) is 0. The lowest BCUT2D eigenvalue weighted by atomic mass is 10.1. The molecule has 178 valence electrons. The van der Waals surface area contributed by atoms with Crippen molar-refractivity contribution in [2.24, 2.45) is 0 Å². The molecule has 0 aliphatic rings. The van der Waals surface area contributed by atoms with Gasteiger partial charge in [0.15, 0.2) is 12.3 Å². The van der Waals surface area contributed by atoms with E-state index in [4.69, 9.17) is 4.74 Å². The molecule has 2 heterocycles. The number of ether oxygens (including phenoxy) is 1. The minimum atomic E-state index is -1.03. The van der Waals surface area contributed by atoms with E-state index in [-0.39, 0.29) is 17.3 Å². The number of hydrogen-bond acceptors (Lipinski definition) is 7. The van der Waals surface area contributed by atoms with Crippen LogP contribution in [0.1, 0.15) is 30.2 Å². The molecular formula is C24H20FN5O5. The molecule has 1 amide bonds. The number of pyridine rings is 1. The number of hydrogen-bond donors (Lipinski definition) is 1. The Balaban J connectivity index is 1.57. The number of nitrogens with zero attached hydrogens (tertiary/aromatic N) is 4. The van der Waals surface area contributed by atoms with Crippen LogP contribution in [0.3, 0.4) is 0 Å². The molecule has 0 aliphatic carbocycles. The summed E-state index contributed by atoms with van der Waals surface area (Å²) in [5.74, 6) is -2.54. The number of benzene rings is 2. The normalized spacial score (nSPS) is 11.0. The molecule has 2 aromatic carbocycles. The van der Waals surface area contributed by atoms with Crippen molar-refractivity contribution >= 4 is 34.3 Å². The first-order chi connectivity index (χ1) is 16.7. The van der Waals surface area contributed by atoms with Gasteiger partial charge in [-0.15, -0.1) is 0 Å². The minimum Gasteiger partial charge on any atom is -0.452 e. The maximum Gasteiger partial charge on any atom is 0.339 e. The fourth-order valence-electron chi connectivity index (χ4n) is 3.46. The third-order valence-electron chi connectivity index (χ3n) is 5.11. The van der Waals surface area contributed by atoms with Gasteiger partial charge in [-0.2, -0.15) is 9.49 Å². The molecule has 2 aromatic heterocycles. The van der Waals surface area contributed by atoms with Crippen LogP contribution in [0, 0.1) is 15.9 Å². The minimum absolute atomic E-state index is 0.00461. The van der Waals surface area contributed by atoms with Gasteiger partial charge < -0.3 is 10.1 Å². The van der Waals surface area contributed by atoms with E-state index >= 15 is 0 Å². The van der Waals surface area contributed by atoms with Crippen LogP contribution in [0.15, 0.2) is 60.8 Å². The van der Waals surface area contributed by atoms with Crippen LogP contribution in [0.4, 0.5) is 15.8 Å². The number of carbonyl (C=O) groups is 2. The van der Waals surface area contributed by atoms with Crippen LogP contribution in [0.25, 0.3) is 22.3 Å². The first-order valence-electron chi connectivity index (χ1n) is 10.6. The average Bonchev–Trinajstić information content (AvgIpc) is 3.28. The van der Waals surface area contributed by atoms with E-state index in [0.29, 0.717) is 16.7 Å². The van der Waals surface area contributed by atoms with Crippen LogP contribution >= 0.6 is 0 Å². The summed E-state index contributed by atoms with van der Waals surface area (Å²) in [5, 5.41) is 18.0. The number of nitro groups is 1. The molecule has 0 spiro atoms. The van der Waals surface area contributed by atoms with Gasteiger partial charge in [0.25, 0.3) is 5.91 Å². The highest BCUT2D eigenvalue weighted by Crippen LogP contribution is 2.27. The third-order valence-corrected chi connectivity index (χ3v) is 5.11. The highest BCUT2D eigenvalue weighted by atomic mass is 19.1. The van der Waals surface area contributed by atoms with Gasteiger partial charge in [0.2, 0.25) is 5.82 Å². The van der Waals surface area contributed by atoms with Gasteiger partial charge in [-0.1, -0.05) is 30.3 Å². The molecule has 35 heavy (non-hydrogen) atoms. The van der Waals surface area contributed by atoms with Crippen molar-refractivity contribution in [2.75, 3.05) is 11.9 Å². The predicted octanol–water partition coefficient (Wildman–Crippen LogP) is 4.52. The molecule has 0 fully saturated rings. The number of rotatable bonds is 7. The number of esters is 1. The number of nitro benzene ring substituents is 1. The van der Waals surface area contributed by atoms with Crippen molar-refractivity contribution < 1.29 is 23.6 Å². The molecule has 1 N–H and O–H groups in total. The van der Waals surface area contributed by atoms with E-state index in [1.165, 1.54) is 12.3 Å². The van der Waals surface area contributed by atoms with Gasteiger partial charge in [0.05, 0.1) is 27.8 Å². The molecule has 0 aliphatic heterocycles. The summed E-state index contributed by atoms with van der Waals surface area (Å²) < 4.78 is 20.4. The number of nitrogens with one attached hydrogen (secondary N) is 1. The second-order valence-electron chi connectivity index (χ2n) is 7.89. The van der Waals surface area contributed by atoms with Gasteiger partial charge >= 0.3 is 11.7 Å². The van der Waals surface area contributed by atoms with Crippen molar-refractivity contribution in [3.8, 4) is 11.3 Å². The number of fused-ring (bicyclic) bond motifs is 1. The highest BCUT2D eigenvalue weighted by Gasteiger charge is 2.21. The van der Waals surface area contributed by atoms with Gasteiger partial charge in [-0.3, -0.25) is 14.9 Å². The summed E-state index contributed by atoms with van der Waals surface area (Å²) in [5.41, 5.74) is 1.22. The number of anilines is 1. The third kappa shape index (κ3) is 4.98. The fourth-order valence-corrected chi connectivity index (χ4v) is 3.46. The highest BCUT2D eigenvalue weighted by molar-refractivity contribution is 6.04. The number of halogens is 1. The second kappa shape index (κ2) is 9.67. The van der Waals surface area contributed by atoms with E-state index in [1.54, 1.807) is 10.7 Å². The molecule has 4 aromatic rings. The molecule has 0 atom stereocenters. The standard InChI is InChI=1S/C24H20FN5O5/c1-14(2)29-23-18(12-26-29)17(11-20(28-23)15-6-4-3-5-7-15)24(32)35-13-22(31)27-16-8-9-19(25)21(10-16)30(33)34/h3-12,14H,13H2,1-2H3,(H,27,31). The summed E-state index contributed by atoms with van der Waals surface area (Å²) in [4.78, 5) is 39.9. The Hall–Kier alpha value is -4.67.